The van der Waals surface area contributed by atoms with Gasteiger partial charge in [0.05, 0.1) is 37.6 Å². The third kappa shape index (κ3) is 3.41. The first-order valence-electron chi connectivity index (χ1n) is 10.3. The lowest BCUT2D eigenvalue weighted by Gasteiger charge is -2.47. The van der Waals surface area contributed by atoms with E-state index in [0.717, 1.165) is 18.4 Å². The summed E-state index contributed by atoms with van der Waals surface area (Å²) in [5.74, 6) is 0.671. The van der Waals surface area contributed by atoms with Crippen LogP contribution >= 0.6 is 0 Å². The van der Waals surface area contributed by atoms with Crippen LogP contribution in [0.2, 0.25) is 0 Å². The topological polar surface area (TPSA) is 116 Å². The van der Waals surface area contributed by atoms with Crippen molar-refractivity contribution in [1.82, 2.24) is 0 Å². The number of nitrogens with two attached hydrogens (primary N) is 1. The molecule has 160 valence electrons. The molecular weight excluding hydrogens is 388 g/mol. The molecule has 6 heteroatoms. The van der Waals surface area contributed by atoms with E-state index in [1.54, 1.807) is 26.4 Å². The number of nitrogens with zero attached hydrogens (tertiary/aromatic N) is 3. The van der Waals surface area contributed by atoms with E-state index in [9.17, 15) is 15.8 Å². The molecule has 3 atom stereocenters. The minimum Gasteiger partial charge on any atom is -0.497 e. The molecular formula is C25H28N4O2. The van der Waals surface area contributed by atoms with Gasteiger partial charge in [-0.1, -0.05) is 26.8 Å². The molecule has 1 aromatic rings. The molecule has 0 heterocycles. The Morgan fingerprint density at radius 2 is 1.77 bits per heavy atom. The van der Waals surface area contributed by atoms with E-state index < -0.39 is 11.3 Å². The lowest BCUT2D eigenvalue weighted by molar-refractivity contribution is 0.169. The minimum atomic E-state index is -1.69. The summed E-state index contributed by atoms with van der Waals surface area (Å²) in [6.07, 6.45) is 3.64. The number of hydrogen-bond acceptors (Lipinski definition) is 6. The molecule has 2 N–H and O–H groups in total. The fourth-order valence-corrected chi connectivity index (χ4v) is 5.02. The van der Waals surface area contributed by atoms with Crippen molar-refractivity contribution in [2.24, 2.45) is 28.4 Å². The summed E-state index contributed by atoms with van der Waals surface area (Å²) in [7, 11) is 3.13. The molecule has 0 unspecified atom stereocenters. The summed E-state index contributed by atoms with van der Waals surface area (Å²) >= 11 is 0. The predicted octanol–water partition coefficient (Wildman–Crippen LogP) is 4.57. The van der Waals surface area contributed by atoms with Crippen molar-refractivity contribution < 1.29 is 9.47 Å². The zero-order chi connectivity index (χ0) is 23.0. The van der Waals surface area contributed by atoms with Gasteiger partial charge in [-0.2, -0.15) is 15.8 Å². The van der Waals surface area contributed by atoms with Crippen molar-refractivity contribution in [3.8, 4) is 29.7 Å². The molecule has 2 aliphatic carbocycles. The van der Waals surface area contributed by atoms with Gasteiger partial charge in [0, 0.05) is 11.5 Å². The van der Waals surface area contributed by atoms with Crippen LogP contribution in [-0.4, -0.2) is 14.2 Å². The highest BCUT2D eigenvalue weighted by molar-refractivity contribution is 5.61. The Balaban J connectivity index is 2.37. The monoisotopic (exact) mass is 416 g/mol. The average Bonchev–Trinajstić information content (AvgIpc) is 2.77. The summed E-state index contributed by atoms with van der Waals surface area (Å²) < 4.78 is 11.1. The Bertz CT molecular complexity index is 1060. The lowest BCUT2D eigenvalue weighted by Crippen LogP contribution is -2.44. The van der Waals surface area contributed by atoms with Crippen LogP contribution in [0.1, 0.15) is 45.1 Å². The Morgan fingerprint density at radius 1 is 1.10 bits per heavy atom. The first kappa shape index (κ1) is 22.3. The van der Waals surface area contributed by atoms with Crippen molar-refractivity contribution in [3.05, 3.63) is 46.7 Å². The number of benzene rings is 1. The van der Waals surface area contributed by atoms with Crippen molar-refractivity contribution in [1.29, 1.82) is 15.8 Å². The molecule has 0 amide bonds. The number of ether oxygens (including phenoxy) is 2. The maximum atomic E-state index is 10.3. The average molecular weight is 417 g/mol. The number of fused-ring (bicyclic) bond motifs is 1. The summed E-state index contributed by atoms with van der Waals surface area (Å²) in [6.45, 7) is 6.58. The van der Waals surface area contributed by atoms with Gasteiger partial charge in [0.15, 0.2) is 5.41 Å². The van der Waals surface area contributed by atoms with E-state index in [1.165, 1.54) is 0 Å². The van der Waals surface area contributed by atoms with Crippen molar-refractivity contribution in [2.75, 3.05) is 14.2 Å². The van der Waals surface area contributed by atoms with Gasteiger partial charge in [-0.25, -0.2) is 0 Å². The molecule has 31 heavy (non-hydrogen) atoms. The smallest absolute Gasteiger partial charge is 0.191 e. The number of hydrogen-bond donors (Lipinski definition) is 1. The van der Waals surface area contributed by atoms with Crippen LogP contribution in [-0.2, 0) is 0 Å². The van der Waals surface area contributed by atoms with Gasteiger partial charge < -0.3 is 15.2 Å². The first-order chi connectivity index (χ1) is 14.7. The molecule has 3 rings (SSSR count). The zero-order valence-corrected chi connectivity index (χ0v) is 18.7. The molecule has 0 aromatic heterocycles. The molecule has 0 aliphatic heterocycles. The van der Waals surface area contributed by atoms with Crippen LogP contribution in [0, 0.1) is 56.7 Å². The second-order valence-electron chi connectivity index (χ2n) is 9.32. The molecule has 0 bridgehead atoms. The van der Waals surface area contributed by atoms with Gasteiger partial charge in [0.1, 0.15) is 17.6 Å². The molecule has 0 saturated carbocycles. The SMILES string of the molecule is COc1ccc(OC)c([C@@H]2[C@@H]3C[C@@H](C(C)(C)C)CC=C3C(C#N)=C(N)C2(C#N)C#N)c1. The van der Waals surface area contributed by atoms with Crippen LogP contribution < -0.4 is 15.2 Å². The Labute approximate surface area is 184 Å². The van der Waals surface area contributed by atoms with Crippen molar-refractivity contribution >= 4 is 0 Å². The van der Waals surface area contributed by atoms with E-state index in [0.29, 0.717) is 23.0 Å². The minimum absolute atomic E-state index is 0.0200. The summed E-state index contributed by atoms with van der Waals surface area (Å²) in [6, 6.07) is 11.9. The summed E-state index contributed by atoms with van der Waals surface area (Å²) in [4.78, 5) is 0. The fourth-order valence-electron chi connectivity index (χ4n) is 5.02. The van der Waals surface area contributed by atoms with Crippen molar-refractivity contribution in [3.63, 3.8) is 0 Å². The molecule has 2 aliphatic rings. The number of rotatable bonds is 3. The quantitative estimate of drug-likeness (QED) is 0.771. The molecule has 0 radical (unpaired) electrons. The first-order valence-corrected chi connectivity index (χ1v) is 10.3. The number of allylic oxidation sites excluding steroid dienone is 4. The largest absolute Gasteiger partial charge is 0.497 e. The molecule has 0 spiro atoms. The number of nitriles is 3. The highest BCUT2D eigenvalue weighted by atomic mass is 16.5. The lowest BCUT2D eigenvalue weighted by atomic mass is 9.54. The molecule has 0 saturated heterocycles. The second-order valence-corrected chi connectivity index (χ2v) is 9.32. The van der Waals surface area contributed by atoms with Gasteiger partial charge in [0.2, 0.25) is 0 Å². The third-order valence-electron chi connectivity index (χ3n) is 6.87. The van der Waals surface area contributed by atoms with E-state index >= 15 is 0 Å². The van der Waals surface area contributed by atoms with Crippen LogP contribution in [0.25, 0.3) is 0 Å². The summed E-state index contributed by atoms with van der Waals surface area (Å²) in [5, 5.41) is 30.4. The van der Waals surface area contributed by atoms with Gasteiger partial charge in [-0.15, -0.1) is 0 Å². The van der Waals surface area contributed by atoms with Crippen LogP contribution in [0.15, 0.2) is 41.1 Å². The maximum absolute atomic E-state index is 10.3. The zero-order valence-electron chi connectivity index (χ0n) is 18.7. The van der Waals surface area contributed by atoms with Crippen LogP contribution in [0.3, 0.4) is 0 Å². The highest BCUT2D eigenvalue weighted by Gasteiger charge is 2.55. The Morgan fingerprint density at radius 3 is 2.29 bits per heavy atom. The maximum Gasteiger partial charge on any atom is 0.191 e. The number of methoxy groups -OCH3 is 2. The Hall–Kier alpha value is -3.43. The predicted molar refractivity (Wildman–Crippen MR) is 117 cm³/mol. The van der Waals surface area contributed by atoms with Crippen LogP contribution in [0.4, 0.5) is 0 Å². The fraction of sp³-hybridized carbons (Fsp3) is 0.480. The van der Waals surface area contributed by atoms with E-state index in [-0.39, 0.29) is 22.6 Å². The molecule has 1 aromatic carbocycles. The van der Waals surface area contributed by atoms with E-state index in [2.05, 4.69) is 45.1 Å². The van der Waals surface area contributed by atoms with Gasteiger partial charge in [-0.05, 0) is 53.9 Å². The highest BCUT2D eigenvalue weighted by Crippen LogP contribution is 2.59. The second kappa shape index (κ2) is 8.01. The van der Waals surface area contributed by atoms with Gasteiger partial charge in [0.25, 0.3) is 0 Å². The van der Waals surface area contributed by atoms with Gasteiger partial charge >= 0.3 is 0 Å². The van der Waals surface area contributed by atoms with Crippen LogP contribution in [0.5, 0.6) is 11.5 Å². The molecule has 0 fully saturated rings. The Kier molecular flexibility index (Phi) is 5.75. The summed E-state index contributed by atoms with van der Waals surface area (Å²) in [5.41, 5.74) is 6.56. The molecule has 6 nitrogen and oxygen atoms in total. The standard InChI is InChI=1S/C25H28N4O2/c1-24(2,3)15-6-8-17-18(10-15)22(19-11-16(30-4)7-9-21(19)31-5)25(13-27,14-28)23(29)20(17)12-26/h7-9,11,15,18,22H,6,10,29H2,1-5H3/t15-,18+,22-/m0/s1. The van der Waals surface area contributed by atoms with Crippen molar-refractivity contribution in [2.45, 2.75) is 39.5 Å². The van der Waals surface area contributed by atoms with Gasteiger partial charge in [-0.3, -0.25) is 0 Å². The third-order valence-corrected chi connectivity index (χ3v) is 6.87. The van der Waals surface area contributed by atoms with E-state index in [4.69, 9.17) is 15.2 Å². The normalized spacial score (nSPS) is 24.7. The van der Waals surface area contributed by atoms with E-state index in [1.807, 2.05) is 6.07 Å².